The molecule has 8 heteroatoms. The molecule has 0 aliphatic carbocycles. The van der Waals surface area contributed by atoms with Gasteiger partial charge in [-0.05, 0) is 18.6 Å². The fourth-order valence-corrected chi connectivity index (χ4v) is 1.99. The van der Waals surface area contributed by atoms with E-state index in [4.69, 9.17) is 17.3 Å². The van der Waals surface area contributed by atoms with Crippen LogP contribution in [0.2, 0.25) is 5.02 Å². The van der Waals surface area contributed by atoms with Gasteiger partial charge in [0.2, 0.25) is 0 Å². The van der Waals surface area contributed by atoms with E-state index in [-0.39, 0.29) is 17.1 Å². The highest BCUT2D eigenvalue weighted by atomic mass is 35.5. The average molecular weight is 307 g/mol. The molecule has 0 spiro atoms. The van der Waals surface area contributed by atoms with E-state index < -0.39 is 10.8 Å². The number of aromatic nitrogens is 1. The van der Waals surface area contributed by atoms with Crippen LogP contribution < -0.4 is 11.1 Å². The van der Waals surface area contributed by atoms with Crippen LogP contribution in [0, 0.1) is 17.0 Å². The van der Waals surface area contributed by atoms with Crippen LogP contribution in [0.15, 0.2) is 30.5 Å². The summed E-state index contributed by atoms with van der Waals surface area (Å²) in [6, 6.07) is 6.22. The summed E-state index contributed by atoms with van der Waals surface area (Å²) in [5, 5.41) is 13.7. The Morgan fingerprint density at radius 1 is 1.48 bits per heavy atom. The average Bonchev–Trinajstić information content (AvgIpc) is 2.43. The zero-order valence-corrected chi connectivity index (χ0v) is 11.7. The van der Waals surface area contributed by atoms with E-state index in [9.17, 15) is 14.9 Å². The first-order valence-corrected chi connectivity index (χ1v) is 6.24. The molecule has 21 heavy (non-hydrogen) atoms. The summed E-state index contributed by atoms with van der Waals surface area (Å²) in [4.78, 5) is 25.9. The standard InChI is InChI=1S/C13H11ClN4O3/c1-7-3-2-4-10(14)11(7)17-13(19)9-5-8(18(20)21)6-16-12(9)15/h2-6H,1H3,(H2,15,16)(H,17,19). The Labute approximate surface area is 124 Å². The van der Waals surface area contributed by atoms with Crippen molar-refractivity contribution in [2.45, 2.75) is 6.92 Å². The monoisotopic (exact) mass is 306 g/mol. The predicted octanol–water partition coefficient (Wildman–Crippen LogP) is 2.79. The van der Waals surface area contributed by atoms with E-state index in [0.717, 1.165) is 17.8 Å². The van der Waals surface area contributed by atoms with E-state index in [2.05, 4.69) is 10.3 Å². The number of nitrogens with zero attached hydrogens (tertiary/aromatic N) is 2. The van der Waals surface area contributed by atoms with Crippen molar-refractivity contribution in [3.05, 3.63) is 56.7 Å². The molecule has 1 aromatic carbocycles. The molecule has 2 aromatic rings. The molecule has 1 heterocycles. The van der Waals surface area contributed by atoms with Gasteiger partial charge in [0.05, 0.1) is 21.2 Å². The van der Waals surface area contributed by atoms with E-state index in [1.807, 2.05) is 0 Å². The van der Waals surface area contributed by atoms with Gasteiger partial charge >= 0.3 is 0 Å². The Morgan fingerprint density at radius 2 is 2.19 bits per heavy atom. The number of nitrogens with two attached hydrogens (primary N) is 1. The Bertz CT molecular complexity index is 713. The number of hydrogen-bond acceptors (Lipinski definition) is 5. The van der Waals surface area contributed by atoms with Crippen LogP contribution in [0.25, 0.3) is 0 Å². The molecule has 7 nitrogen and oxygen atoms in total. The number of halogens is 1. The second-order valence-corrected chi connectivity index (χ2v) is 4.68. The van der Waals surface area contributed by atoms with Crippen molar-refractivity contribution in [3.63, 3.8) is 0 Å². The number of nitrogens with one attached hydrogen (secondary N) is 1. The van der Waals surface area contributed by atoms with Gasteiger partial charge in [-0.25, -0.2) is 4.98 Å². The normalized spacial score (nSPS) is 10.2. The number of benzene rings is 1. The molecule has 1 amide bonds. The van der Waals surface area contributed by atoms with Gasteiger partial charge in [0.1, 0.15) is 12.0 Å². The topological polar surface area (TPSA) is 111 Å². The maximum Gasteiger partial charge on any atom is 0.288 e. The third-order valence-electron chi connectivity index (χ3n) is 2.82. The Hall–Kier alpha value is -2.67. The minimum atomic E-state index is -0.649. The number of para-hydroxylation sites is 1. The van der Waals surface area contributed by atoms with Gasteiger partial charge in [-0.2, -0.15) is 0 Å². The maximum atomic E-state index is 12.2. The van der Waals surface area contributed by atoms with Crippen LogP contribution in [0.5, 0.6) is 0 Å². The minimum Gasteiger partial charge on any atom is -0.383 e. The van der Waals surface area contributed by atoms with Crippen LogP contribution in [-0.2, 0) is 0 Å². The van der Waals surface area contributed by atoms with Gasteiger partial charge in [0.25, 0.3) is 11.6 Å². The van der Waals surface area contributed by atoms with Crippen LogP contribution in [0.4, 0.5) is 17.2 Å². The highest BCUT2D eigenvalue weighted by molar-refractivity contribution is 6.34. The molecule has 0 unspecified atom stereocenters. The van der Waals surface area contributed by atoms with Gasteiger partial charge < -0.3 is 11.1 Å². The maximum absolute atomic E-state index is 12.2. The summed E-state index contributed by atoms with van der Waals surface area (Å²) in [5.41, 5.74) is 6.38. The molecule has 0 saturated carbocycles. The molecular formula is C13H11ClN4O3. The summed E-state index contributed by atoms with van der Waals surface area (Å²) in [6.07, 6.45) is 0.993. The van der Waals surface area contributed by atoms with Crippen molar-refractivity contribution in [2.75, 3.05) is 11.1 Å². The number of amides is 1. The summed E-state index contributed by atoms with van der Waals surface area (Å²) < 4.78 is 0. The first-order chi connectivity index (χ1) is 9.90. The van der Waals surface area contributed by atoms with Crippen molar-refractivity contribution in [1.82, 2.24) is 4.98 Å². The third-order valence-corrected chi connectivity index (χ3v) is 3.13. The smallest absolute Gasteiger partial charge is 0.288 e. The van der Waals surface area contributed by atoms with E-state index in [1.54, 1.807) is 25.1 Å². The van der Waals surface area contributed by atoms with Crippen LogP contribution in [-0.4, -0.2) is 15.8 Å². The van der Waals surface area contributed by atoms with Gasteiger partial charge in [0, 0.05) is 6.07 Å². The lowest BCUT2D eigenvalue weighted by Gasteiger charge is -2.11. The van der Waals surface area contributed by atoms with Crippen molar-refractivity contribution in [3.8, 4) is 0 Å². The van der Waals surface area contributed by atoms with Gasteiger partial charge in [-0.3, -0.25) is 14.9 Å². The van der Waals surface area contributed by atoms with Gasteiger partial charge in [-0.15, -0.1) is 0 Å². The van der Waals surface area contributed by atoms with Crippen molar-refractivity contribution in [2.24, 2.45) is 0 Å². The Morgan fingerprint density at radius 3 is 2.81 bits per heavy atom. The lowest BCUT2D eigenvalue weighted by molar-refractivity contribution is -0.385. The van der Waals surface area contributed by atoms with Crippen LogP contribution in [0.1, 0.15) is 15.9 Å². The lowest BCUT2D eigenvalue weighted by Crippen LogP contribution is -2.16. The number of hydrogen-bond donors (Lipinski definition) is 2. The van der Waals surface area contributed by atoms with E-state index in [0.29, 0.717) is 10.7 Å². The molecule has 108 valence electrons. The van der Waals surface area contributed by atoms with Gasteiger partial charge in [-0.1, -0.05) is 23.7 Å². The molecule has 0 aliphatic heterocycles. The predicted molar refractivity (Wildman–Crippen MR) is 79.4 cm³/mol. The Balaban J connectivity index is 2.37. The highest BCUT2D eigenvalue weighted by Gasteiger charge is 2.18. The second kappa shape index (κ2) is 5.76. The van der Waals surface area contributed by atoms with Crippen LogP contribution in [0.3, 0.4) is 0 Å². The number of pyridine rings is 1. The number of anilines is 2. The number of nitro groups is 1. The minimum absolute atomic E-state index is 0.0801. The number of rotatable bonds is 3. The molecule has 1 aromatic heterocycles. The molecule has 3 N–H and O–H groups in total. The molecule has 0 fully saturated rings. The first-order valence-electron chi connectivity index (χ1n) is 5.86. The fourth-order valence-electron chi connectivity index (χ4n) is 1.72. The first kappa shape index (κ1) is 14.7. The lowest BCUT2D eigenvalue weighted by atomic mass is 10.1. The zero-order valence-electron chi connectivity index (χ0n) is 11.0. The second-order valence-electron chi connectivity index (χ2n) is 4.27. The van der Waals surface area contributed by atoms with E-state index in [1.165, 1.54) is 0 Å². The molecule has 0 radical (unpaired) electrons. The quantitative estimate of drug-likeness (QED) is 0.669. The number of aryl methyl sites for hydroxylation is 1. The molecule has 2 rings (SSSR count). The molecule has 0 atom stereocenters. The zero-order chi connectivity index (χ0) is 15.6. The molecule has 0 bridgehead atoms. The molecular weight excluding hydrogens is 296 g/mol. The highest BCUT2D eigenvalue weighted by Crippen LogP contribution is 2.26. The summed E-state index contributed by atoms with van der Waals surface area (Å²) in [7, 11) is 0. The van der Waals surface area contributed by atoms with Gasteiger partial charge in [0.15, 0.2) is 0 Å². The fraction of sp³-hybridized carbons (Fsp3) is 0.0769. The summed E-state index contributed by atoms with van der Waals surface area (Å²) in [5.74, 6) is -0.706. The number of carbonyl (C=O) groups is 1. The van der Waals surface area contributed by atoms with Crippen molar-refractivity contribution in [1.29, 1.82) is 0 Å². The van der Waals surface area contributed by atoms with Crippen molar-refractivity contribution >= 4 is 34.7 Å². The Kier molecular flexibility index (Phi) is 4.04. The third kappa shape index (κ3) is 3.09. The largest absolute Gasteiger partial charge is 0.383 e. The molecule has 0 aliphatic rings. The number of nitrogen functional groups attached to an aromatic ring is 1. The van der Waals surface area contributed by atoms with Crippen molar-refractivity contribution < 1.29 is 9.72 Å². The van der Waals surface area contributed by atoms with E-state index >= 15 is 0 Å². The summed E-state index contributed by atoms with van der Waals surface area (Å²) in [6.45, 7) is 1.77. The SMILES string of the molecule is Cc1cccc(Cl)c1NC(=O)c1cc([N+](=O)[O-])cnc1N. The number of carbonyl (C=O) groups excluding carboxylic acids is 1. The van der Waals surface area contributed by atoms with Crippen LogP contribution >= 0.6 is 11.6 Å². The molecule has 0 saturated heterocycles. The summed E-state index contributed by atoms with van der Waals surface area (Å²) >= 11 is 6.01.